The van der Waals surface area contributed by atoms with Crippen LogP contribution in [0.2, 0.25) is 0 Å². The molecule has 1 rings (SSSR count). The lowest BCUT2D eigenvalue weighted by atomic mass is 10.1. The van der Waals surface area contributed by atoms with E-state index in [0.717, 1.165) is 16.9 Å². The van der Waals surface area contributed by atoms with Crippen molar-refractivity contribution in [3.05, 3.63) is 28.8 Å². The molecule has 0 heterocycles. The number of ether oxygens (including phenoxy) is 1. The number of hydrogen-bond acceptors (Lipinski definition) is 2. The van der Waals surface area contributed by atoms with Crippen molar-refractivity contribution in [3.63, 3.8) is 0 Å². The summed E-state index contributed by atoms with van der Waals surface area (Å²) in [6, 6.07) is 3.62. The molecule has 0 N–H and O–H groups in total. The lowest BCUT2D eigenvalue weighted by molar-refractivity contribution is 0.109. The first kappa shape index (κ1) is 10.3. The number of hydrogen-bond donors (Lipinski definition) is 0. The van der Waals surface area contributed by atoms with Gasteiger partial charge in [0.2, 0.25) is 4.69 Å². The van der Waals surface area contributed by atoms with Gasteiger partial charge in [-0.15, -0.1) is 0 Å². The Balaban J connectivity index is 3.28. The van der Waals surface area contributed by atoms with Crippen LogP contribution < -0.4 is 4.74 Å². The van der Waals surface area contributed by atoms with Crippen molar-refractivity contribution in [1.82, 2.24) is 0 Å². The fourth-order valence-electron chi connectivity index (χ4n) is 1.39. The van der Waals surface area contributed by atoms with Crippen LogP contribution in [-0.4, -0.2) is 11.8 Å². The van der Waals surface area contributed by atoms with Crippen LogP contribution in [0.25, 0.3) is 0 Å². The Morgan fingerprint density at radius 2 is 1.77 bits per heavy atom. The summed E-state index contributed by atoms with van der Waals surface area (Å²) in [5.41, 5.74) is 2.62. The molecular formula is C10H11BrO2. The van der Waals surface area contributed by atoms with Gasteiger partial charge in [-0.05, 0) is 53.0 Å². The number of carbonyl (C=O) groups is 1. The van der Waals surface area contributed by atoms with Crippen LogP contribution >= 0.6 is 15.9 Å². The number of methoxy groups -OCH3 is 1. The summed E-state index contributed by atoms with van der Waals surface area (Å²) in [6.07, 6.45) is 0. The van der Waals surface area contributed by atoms with Gasteiger partial charge in [0.15, 0.2) is 0 Å². The molecule has 13 heavy (non-hydrogen) atoms. The highest BCUT2D eigenvalue weighted by Gasteiger charge is 2.08. The maximum absolute atomic E-state index is 11.0. The van der Waals surface area contributed by atoms with Gasteiger partial charge in [0.25, 0.3) is 0 Å². The van der Waals surface area contributed by atoms with E-state index in [1.54, 1.807) is 7.11 Å². The third kappa shape index (κ3) is 2.10. The maximum atomic E-state index is 11.0. The van der Waals surface area contributed by atoms with Crippen molar-refractivity contribution in [2.45, 2.75) is 13.8 Å². The first-order valence-electron chi connectivity index (χ1n) is 3.91. The van der Waals surface area contributed by atoms with Gasteiger partial charge in [-0.3, -0.25) is 4.79 Å². The molecule has 70 valence electrons. The Bertz CT molecular complexity index is 322. The smallest absolute Gasteiger partial charge is 0.228 e. The summed E-state index contributed by atoms with van der Waals surface area (Å²) in [5, 5.41) is 0. The fraction of sp³-hybridized carbons (Fsp3) is 0.300. The second-order valence-electron chi connectivity index (χ2n) is 2.92. The molecule has 0 aromatic heterocycles. The highest BCUT2D eigenvalue weighted by molar-refractivity contribution is 9.18. The second kappa shape index (κ2) is 3.92. The monoisotopic (exact) mass is 242 g/mol. The average molecular weight is 243 g/mol. The SMILES string of the molecule is COc1c(C)cc(C(=O)Br)cc1C. The predicted octanol–water partition coefficient (Wildman–Crippen LogP) is 2.85. The Labute approximate surface area is 86.0 Å². The molecule has 0 atom stereocenters. The normalized spacial score (nSPS) is 9.85. The summed E-state index contributed by atoms with van der Waals surface area (Å²) < 4.78 is 5.09. The molecule has 0 bridgehead atoms. The van der Waals surface area contributed by atoms with Crippen molar-refractivity contribution >= 4 is 20.6 Å². The highest BCUT2D eigenvalue weighted by Crippen LogP contribution is 2.25. The first-order chi connectivity index (χ1) is 6.06. The number of aryl methyl sites for hydroxylation is 2. The van der Waals surface area contributed by atoms with Gasteiger partial charge in [-0.2, -0.15) is 0 Å². The van der Waals surface area contributed by atoms with Gasteiger partial charge in [0.1, 0.15) is 5.75 Å². The topological polar surface area (TPSA) is 26.3 Å². The molecule has 0 aliphatic carbocycles. The molecule has 1 aromatic rings. The molecule has 0 saturated carbocycles. The predicted molar refractivity (Wildman–Crippen MR) is 55.7 cm³/mol. The molecule has 0 fully saturated rings. The molecule has 0 radical (unpaired) electrons. The van der Waals surface area contributed by atoms with E-state index in [2.05, 4.69) is 15.9 Å². The van der Waals surface area contributed by atoms with Crippen LogP contribution in [-0.2, 0) is 0 Å². The zero-order valence-corrected chi connectivity index (χ0v) is 9.44. The van der Waals surface area contributed by atoms with Crippen LogP contribution in [0, 0.1) is 13.8 Å². The summed E-state index contributed by atoms with van der Waals surface area (Å²) in [7, 11) is 1.63. The second-order valence-corrected chi connectivity index (χ2v) is 3.64. The van der Waals surface area contributed by atoms with Crippen molar-refractivity contribution in [3.8, 4) is 5.75 Å². The highest BCUT2D eigenvalue weighted by atomic mass is 79.9. The molecule has 0 unspecified atom stereocenters. The minimum Gasteiger partial charge on any atom is -0.496 e. The minimum absolute atomic E-state index is 0.0960. The molecular weight excluding hydrogens is 232 g/mol. The van der Waals surface area contributed by atoms with E-state index in [1.807, 2.05) is 26.0 Å². The van der Waals surface area contributed by atoms with Crippen molar-refractivity contribution in [1.29, 1.82) is 0 Å². The lowest BCUT2D eigenvalue weighted by Crippen LogP contribution is -1.95. The van der Waals surface area contributed by atoms with E-state index in [4.69, 9.17) is 4.74 Å². The summed E-state index contributed by atoms with van der Waals surface area (Å²) >= 11 is 2.92. The molecule has 1 aromatic carbocycles. The van der Waals surface area contributed by atoms with E-state index in [9.17, 15) is 4.79 Å². The number of rotatable bonds is 2. The van der Waals surface area contributed by atoms with E-state index in [1.165, 1.54) is 0 Å². The van der Waals surface area contributed by atoms with Crippen LogP contribution in [0.4, 0.5) is 0 Å². The Morgan fingerprint density at radius 3 is 2.08 bits per heavy atom. The number of halogens is 1. The quantitative estimate of drug-likeness (QED) is 0.746. The van der Waals surface area contributed by atoms with Gasteiger partial charge < -0.3 is 4.74 Å². The Hall–Kier alpha value is -0.830. The molecule has 0 aliphatic rings. The standard InChI is InChI=1S/C10H11BrO2/c1-6-4-8(10(11)12)5-7(2)9(6)13-3/h4-5H,1-3H3. The van der Waals surface area contributed by atoms with Crippen molar-refractivity contribution < 1.29 is 9.53 Å². The summed E-state index contributed by atoms with van der Waals surface area (Å²) in [6.45, 7) is 3.84. The third-order valence-electron chi connectivity index (χ3n) is 1.89. The van der Waals surface area contributed by atoms with Gasteiger partial charge in [-0.1, -0.05) is 0 Å². The van der Waals surface area contributed by atoms with Gasteiger partial charge in [0, 0.05) is 5.56 Å². The van der Waals surface area contributed by atoms with Crippen LogP contribution in [0.1, 0.15) is 21.5 Å². The Kier molecular flexibility index (Phi) is 3.09. The van der Waals surface area contributed by atoms with Crippen LogP contribution in [0.3, 0.4) is 0 Å². The van der Waals surface area contributed by atoms with E-state index >= 15 is 0 Å². The third-order valence-corrected chi connectivity index (χ3v) is 2.35. The van der Waals surface area contributed by atoms with Gasteiger partial charge >= 0.3 is 0 Å². The molecule has 0 spiro atoms. The van der Waals surface area contributed by atoms with E-state index in [0.29, 0.717) is 5.56 Å². The molecule has 0 aliphatic heterocycles. The maximum Gasteiger partial charge on any atom is 0.228 e. The van der Waals surface area contributed by atoms with E-state index in [-0.39, 0.29) is 4.69 Å². The molecule has 0 amide bonds. The number of carbonyl (C=O) groups excluding carboxylic acids is 1. The Morgan fingerprint density at radius 1 is 1.31 bits per heavy atom. The zero-order valence-electron chi connectivity index (χ0n) is 7.85. The molecule has 0 saturated heterocycles. The van der Waals surface area contributed by atoms with Gasteiger partial charge in [0.05, 0.1) is 7.11 Å². The minimum atomic E-state index is -0.0960. The van der Waals surface area contributed by atoms with Crippen LogP contribution in [0.15, 0.2) is 12.1 Å². The number of benzene rings is 1. The first-order valence-corrected chi connectivity index (χ1v) is 4.70. The van der Waals surface area contributed by atoms with Crippen LogP contribution in [0.5, 0.6) is 5.75 Å². The largest absolute Gasteiger partial charge is 0.496 e. The molecule has 2 nitrogen and oxygen atoms in total. The molecule has 3 heteroatoms. The summed E-state index contributed by atoms with van der Waals surface area (Å²) in [4.78, 5) is 11.0. The average Bonchev–Trinajstić information content (AvgIpc) is 2.03. The van der Waals surface area contributed by atoms with E-state index < -0.39 is 0 Å². The van der Waals surface area contributed by atoms with Crippen molar-refractivity contribution in [2.24, 2.45) is 0 Å². The summed E-state index contributed by atoms with van der Waals surface area (Å²) in [5.74, 6) is 0.845. The lowest BCUT2D eigenvalue weighted by Gasteiger charge is -2.09. The zero-order chi connectivity index (χ0) is 10.0. The van der Waals surface area contributed by atoms with Crippen molar-refractivity contribution in [2.75, 3.05) is 7.11 Å². The van der Waals surface area contributed by atoms with Gasteiger partial charge in [-0.25, -0.2) is 0 Å². The fourth-order valence-corrected chi connectivity index (χ4v) is 1.61.